The molecule has 0 bridgehead atoms. The summed E-state index contributed by atoms with van der Waals surface area (Å²) >= 11 is 0. The molecule has 39 heavy (non-hydrogen) atoms. The van der Waals surface area contributed by atoms with Crippen LogP contribution in [0.15, 0.2) is 77.7 Å². The minimum Gasteiger partial charge on any atom is -0.378 e. The predicted octanol–water partition coefficient (Wildman–Crippen LogP) is 6.00. The largest absolute Gasteiger partial charge is 0.378 e. The number of allylic oxidation sites excluding steroid dienone is 10. The van der Waals surface area contributed by atoms with Crippen LogP contribution in [-0.4, -0.2) is 48.3 Å². The standard InChI is InChI=1S/C32H40N6O/c1-6-9-10-14-25(12-7-2)26-20-27-29(21-26)35-32(37-31(27)38-16-18-39-19-17-38)36-30(33-5)22-24(8-3)28-15-11-13-23(4)34-28/h7-15,21-22,33H,6,16-20H2,1-5H3,(H,35,36,37)/b10-9+,12-7-,24-8+,25-14+,30-22+. The summed E-state index contributed by atoms with van der Waals surface area (Å²) in [6.07, 6.45) is 18.8. The third-order valence-corrected chi connectivity index (χ3v) is 6.68. The van der Waals surface area contributed by atoms with E-state index in [1.807, 2.05) is 45.2 Å². The Morgan fingerprint density at radius 3 is 2.62 bits per heavy atom. The lowest BCUT2D eigenvalue weighted by molar-refractivity contribution is 0.122. The second-order valence-corrected chi connectivity index (χ2v) is 9.48. The van der Waals surface area contributed by atoms with E-state index in [9.17, 15) is 0 Å². The fourth-order valence-electron chi connectivity index (χ4n) is 4.68. The molecule has 0 saturated carbocycles. The minimum atomic E-state index is 0.559. The molecule has 0 radical (unpaired) electrons. The molecule has 1 fully saturated rings. The normalized spacial score (nSPS) is 16.7. The second kappa shape index (κ2) is 13.7. The average molecular weight is 525 g/mol. The lowest BCUT2D eigenvalue weighted by atomic mass is 10.0. The van der Waals surface area contributed by atoms with Crippen molar-refractivity contribution in [1.29, 1.82) is 0 Å². The Hall–Kier alpha value is -3.97. The smallest absolute Gasteiger partial charge is 0.230 e. The number of ether oxygens (including phenoxy) is 1. The van der Waals surface area contributed by atoms with Crippen LogP contribution in [0.25, 0.3) is 11.6 Å². The Morgan fingerprint density at radius 1 is 1.10 bits per heavy atom. The van der Waals surface area contributed by atoms with Gasteiger partial charge in [-0.05, 0) is 68.2 Å². The maximum Gasteiger partial charge on any atom is 0.230 e. The first kappa shape index (κ1) is 28.0. The topological polar surface area (TPSA) is 75.2 Å². The molecule has 2 aromatic heterocycles. The maximum absolute atomic E-state index is 5.63. The van der Waals surface area contributed by atoms with Crippen molar-refractivity contribution in [1.82, 2.24) is 20.3 Å². The van der Waals surface area contributed by atoms with Crippen LogP contribution in [-0.2, 0) is 11.2 Å². The highest BCUT2D eigenvalue weighted by molar-refractivity contribution is 5.75. The van der Waals surface area contributed by atoms with Gasteiger partial charge in [0.1, 0.15) is 11.6 Å². The zero-order chi connectivity index (χ0) is 27.6. The third kappa shape index (κ3) is 7.12. The van der Waals surface area contributed by atoms with Gasteiger partial charge in [-0.25, -0.2) is 4.98 Å². The fraction of sp³-hybridized carbons (Fsp3) is 0.344. The lowest BCUT2D eigenvalue weighted by Gasteiger charge is -2.29. The van der Waals surface area contributed by atoms with Gasteiger partial charge in [-0.15, -0.1) is 0 Å². The summed E-state index contributed by atoms with van der Waals surface area (Å²) in [5, 5.41) is 6.70. The van der Waals surface area contributed by atoms with Crippen LogP contribution in [0.3, 0.4) is 0 Å². The zero-order valence-corrected chi connectivity index (χ0v) is 23.8. The first-order valence-electron chi connectivity index (χ1n) is 13.8. The second-order valence-electron chi connectivity index (χ2n) is 9.48. The lowest BCUT2D eigenvalue weighted by Crippen LogP contribution is -2.37. The van der Waals surface area contributed by atoms with E-state index < -0.39 is 0 Å². The van der Waals surface area contributed by atoms with Gasteiger partial charge < -0.3 is 20.3 Å². The van der Waals surface area contributed by atoms with Crippen molar-refractivity contribution in [3.8, 4) is 0 Å². The molecule has 2 aliphatic rings. The molecule has 2 N–H and O–H groups in total. The minimum absolute atomic E-state index is 0.559. The van der Waals surface area contributed by atoms with Crippen molar-refractivity contribution >= 4 is 23.4 Å². The van der Waals surface area contributed by atoms with Crippen molar-refractivity contribution in [2.24, 2.45) is 0 Å². The van der Waals surface area contributed by atoms with Gasteiger partial charge in [0, 0.05) is 37.8 Å². The fourth-order valence-corrected chi connectivity index (χ4v) is 4.68. The van der Waals surface area contributed by atoms with Crippen LogP contribution in [0.4, 0.5) is 11.8 Å². The number of fused-ring (bicyclic) bond motifs is 1. The zero-order valence-electron chi connectivity index (χ0n) is 23.8. The maximum atomic E-state index is 5.63. The quantitative estimate of drug-likeness (QED) is 0.369. The van der Waals surface area contributed by atoms with E-state index in [4.69, 9.17) is 14.7 Å². The summed E-state index contributed by atoms with van der Waals surface area (Å²) in [6.45, 7) is 11.2. The van der Waals surface area contributed by atoms with Crippen molar-refractivity contribution in [3.05, 3.63) is 100 Å². The monoisotopic (exact) mass is 524 g/mol. The van der Waals surface area contributed by atoms with Gasteiger partial charge >= 0.3 is 0 Å². The van der Waals surface area contributed by atoms with Gasteiger partial charge in [-0.3, -0.25) is 4.98 Å². The predicted molar refractivity (Wildman–Crippen MR) is 162 cm³/mol. The molecule has 1 saturated heterocycles. The van der Waals surface area contributed by atoms with Crippen molar-refractivity contribution in [2.45, 2.75) is 40.5 Å². The highest BCUT2D eigenvalue weighted by Crippen LogP contribution is 2.35. The SMILES string of the molecule is C\C=C/C(=C\C=C\CC)C1=Cc2nc(N/C(=C/C(=C\C)c3cccc(C)n3)NC)nc(N3CCOCC3)c2C1. The molecule has 1 aliphatic carbocycles. The molecular formula is C32H40N6O. The molecule has 0 spiro atoms. The number of morpholine rings is 1. The number of nitrogens with zero attached hydrogens (tertiary/aromatic N) is 4. The molecule has 4 rings (SSSR count). The van der Waals surface area contributed by atoms with Crippen LogP contribution < -0.4 is 15.5 Å². The number of aryl methyl sites for hydroxylation is 1. The molecule has 0 amide bonds. The average Bonchev–Trinajstić information content (AvgIpc) is 3.39. The van der Waals surface area contributed by atoms with E-state index >= 15 is 0 Å². The number of hydrogen-bond donors (Lipinski definition) is 2. The van der Waals surface area contributed by atoms with Crippen LogP contribution in [0.5, 0.6) is 0 Å². The Labute approximate surface area is 232 Å². The summed E-state index contributed by atoms with van der Waals surface area (Å²) < 4.78 is 5.63. The molecule has 0 unspecified atom stereocenters. The number of hydrogen-bond acceptors (Lipinski definition) is 7. The summed E-state index contributed by atoms with van der Waals surface area (Å²) in [4.78, 5) is 17.0. The Balaban J connectivity index is 1.71. The molecule has 204 valence electrons. The Kier molecular flexibility index (Phi) is 9.86. The van der Waals surface area contributed by atoms with Gasteiger partial charge in [0.2, 0.25) is 5.95 Å². The van der Waals surface area contributed by atoms with Crippen molar-refractivity contribution in [2.75, 3.05) is 43.6 Å². The van der Waals surface area contributed by atoms with E-state index in [2.05, 4.69) is 76.9 Å². The van der Waals surface area contributed by atoms with Gasteiger partial charge in [0.15, 0.2) is 0 Å². The molecule has 0 atom stereocenters. The van der Waals surface area contributed by atoms with E-state index in [0.717, 1.165) is 60.2 Å². The summed E-state index contributed by atoms with van der Waals surface area (Å²) in [6, 6.07) is 6.05. The first-order chi connectivity index (χ1) is 19.1. The van der Waals surface area contributed by atoms with Gasteiger partial charge in [-0.2, -0.15) is 4.98 Å². The highest BCUT2D eigenvalue weighted by Gasteiger charge is 2.26. The summed E-state index contributed by atoms with van der Waals surface area (Å²) in [5.74, 6) is 2.33. The molecule has 7 nitrogen and oxygen atoms in total. The highest BCUT2D eigenvalue weighted by atomic mass is 16.5. The number of nitrogens with one attached hydrogen (secondary N) is 2. The van der Waals surface area contributed by atoms with Gasteiger partial charge in [0.05, 0.1) is 24.6 Å². The van der Waals surface area contributed by atoms with Crippen LogP contribution in [0.2, 0.25) is 0 Å². The van der Waals surface area contributed by atoms with E-state index in [1.54, 1.807) is 0 Å². The van der Waals surface area contributed by atoms with Crippen molar-refractivity contribution in [3.63, 3.8) is 0 Å². The van der Waals surface area contributed by atoms with E-state index in [0.29, 0.717) is 19.2 Å². The van der Waals surface area contributed by atoms with Crippen LogP contribution in [0, 0.1) is 6.92 Å². The Morgan fingerprint density at radius 2 is 1.92 bits per heavy atom. The van der Waals surface area contributed by atoms with Crippen LogP contribution in [0.1, 0.15) is 49.8 Å². The van der Waals surface area contributed by atoms with Crippen LogP contribution >= 0.6 is 0 Å². The van der Waals surface area contributed by atoms with Crippen molar-refractivity contribution < 1.29 is 4.74 Å². The van der Waals surface area contributed by atoms with E-state index in [1.165, 1.54) is 16.7 Å². The summed E-state index contributed by atoms with van der Waals surface area (Å²) in [5.41, 5.74) is 7.48. The van der Waals surface area contributed by atoms with E-state index in [-0.39, 0.29) is 0 Å². The third-order valence-electron chi connectivity index (χ3n) is 6.68. The number of anilines is 2. The molecule has 2 aromatic rings. The Bertz CT molecular complexity index is 1340. The number of rotatable bonds is 10. The summed E-state index contributed by atoms with van der Waals surface area (Å²) in [7, 11) is 1.89. The molecule has 3 heterocycles. The molecule has 1 aliphatic heterocycles. The van der Waals surface area contributed by atoms with Gasteiger partial charge in [-0.1, -0.05) is 49.4 Å². The molecule has 7 heteroatoms. The molecular weight excluding hydrogens is 484 g/mol. The number of pyridine rings is 1. The molecule has 0 aromatic carbocycles. The van der Waals surface area contributed by atoms with Gasteiger partial charge in [0.25, 0.3) is 0 Å². The first-order valence-corrected chi connectivity index (χ1v) is 13.8. The number of aromatic nitrogens is 3.